The Hall–Kier alpha value is -1.18. The Morgan fingerprint density at radius 1 is 1.42 bits per heavy atom. The van der Waals surface area contributed by atoms with E-state index in [0.717, 1.165) is 12.1 Å². The number of nitrogens with zero attached hydrogens (tertiary/aromatic N) is 2. The molecule has 2 heteroatoms. The number of fused-ring (bicyclic) bond motifs is 1. The van der Waals surface area contributed by atoms with Gasteiger partial charge in [0.05, 0.1) is 11.9 Å². The molecule has 2 heterocycles. The summed E-state index contributed by atoms with van der Waals surface area (Å²) in [5.41, 5.74) is 3.65. The third-order valence-electron chi connectivity index (χ3n) is 2.19. The number of aliphatic imine (C=N–C) groups is 1. The number of pyridine rings is 1. The Bertz CT molecular complexity index is 326. The van der Waals surface area contributed by atoms with E-state index in [0.29, 0.717) is 5.92 Å². The van der Waals surface area contributed by atoms with Gasteiger partial charge in [-0.25, -0.2) is 0 Å². The minimum absolute atomic E-state index is 0.553. The molecule has 1 aliphatic heterocycles. The summed E-state index contributed by atoms with van der Waals surface area (Å²) in [4.78, 5) is 8.55. The summed E-state index contributed by atoms with van der Waals surface area (Å²) in [5.74, 6) is 0.553. The Morgan fingerprint density at radius 2 is 2.25 bits per heavy atom. The summed E-state index contributed by atoms with van der Waals surface area (Å²) in [7, 11) is 0. The molecular formula is C10H12N2. The second-order valence-corrected chi connectivity index (χ2v) is 3.44. The molecule has 62 valence electrons. The molecule has 0 aliphatic carbocycles. The fraction of sp³-hybridized carbons (Fsp3) is 0.400. The van der Waals surface area contributed by atoms with Crippen LogP contribution in [0.4, 0.5) is 5.69 Å². The number of hydrogen-bond donors (Lipinski definition) is 0. The van der Waals surface area contributed by atoms with Crippen LogP contribution in [0.5, 0.6) is 0 Å². The highest BCUT2D eigenvalue weighted by Gasteiger charge is 2.15. The van der Waals surface area contributed by atoms with E-state index >= 15 is 0 Å². The van der Waals surface area contributed by atoms with Crippen LogP contribution in [-0.4, -0.2) is 10.7 Å². The molecule has 1 aromatic rings. The maximum atomic E-state index is 4.51. The van der Waals surface area contributed by atoms with E-state index in [1.807, 2.05) is 18.5 Å². The Labute approximate surface area is 72.4 Å². The van der Waals surface area contributed by atoms with E-state index in [1.54, 1.807) is 0 Å². The fourth-order valence-corrected chi connectivity index (χ4v) is 1.39. The van der Waals surface area contributed by atoms with Gasteiger partial charge < -0.3 is 0 Å². The molecule has 0 unspecified atom stereocenters. The molecule has 0 fully saturated rings. The van der Waals surface area contributed by atoms with Gasteiger partial charge in [0.2, 0.25) is 0 Å². The first-order valence-electron chi connectivity index (χ1n) is 4.27. The van der Waals surface area contributed by atoms with Gasteiger partial charge in [-0.15, -0.1) is 0 Å². The summed E-state index contributed by atoms with van der Waals surface area (Å²) < 4.78 is 0. The lowest BCUT2D eigenvalue weighted by atomic mass is 10.0. The molecule has 0 N–H and O–H groups in total. The smallest absolute Gasteiger partial charge is 0.0848 e. The van der Waals surface area contributed by atoms with Gasteiger partial charge in [0, 0.05) is 18.3 Å². The SMILES string of the molecule is CC(C)C1=Nc2cnccc2C1. The fourth-order valence-electron chi connectivity index (χ4n) is 1.39. The largest absolute Gasteiger partial charge is 0.262 e. The van der Waals surface area contributed by atoms with Gasteiger partial charge in [-0.3, -0.25) is 9.98 Å². The van der Waals surface area contributed by atoms with Crippen molar-refractivity contribution in [1.82, 2.24) is 4.98 Å². The maximum absolute atomic E-state index is 4.51. The zero-order valence-corrected chi connectivity index (χ0v) is 7.41. The van der Waals surface area contributed by atoms with Crippen molar-refractivity contribution in [2.45, 2.75) is 20.3 Å². The van der Waals surface area contributed by atoms with E-state index in [9.17, 15) is 0 Å². The van der Waals surface area contributed by atoms with Crippen molar-refractivity contribution >= 4 is 11.4 Å². The second kappa shape index (κ2) is 2.70. The average molecular weight is 160 g/mol. The predicted molar refractivity (Wildman–Crippen MR) is 49.9 cm³/mol. The maximum Gasteiger partial charge on any atom is 0.0848 e. The van der Waals surface area contributed by atoms with E-state index in [1.165, 1.54) is 11.3 Å². The highest BCUT2D eigenvalue weighted by atomic mass is 14.8. The van der Waals surface area contributed by atoms with Crippen LogP contribution in [-0.2, 0) is 6.42 Å². The van der Waals surface area contributed by atoms with Gasteiger partial charge in [0.15, 0.2) is 0 Å². The van der Waals surface area contributed by atoms with Crippen LogP contribution in [0.3, 0.4) is 0 Å². The minimum atomic E-state index is 0.553. The lowest BCUT2D eigenvalue weighted by Gasteiger charge is -2.01. The summed E-state index contributed by atoms with van der Waals surface area (Å²) in [6, 6.07) is 2.05. The first-order valence-corrected chi connectivity index (χ1v) is 4.27. The third kappa shape index (κ3) is 1.13. The molecule has 0 saturated heterocycles. The molecule has 0 aromatic carbocycles. The summed E-state index contributed by atoms with van der Waals surface area (Å²) in [6.07, 6.45) is 4.68. The highest BCUT2D eigenvalue weighted by Crippen LogP contribution is 2.26. The van der Waals surface area contributed by atoms with E-state index < -0.39 is 0 Å². The van der Waals surface area contributed by atoms with Crippen LogP contribution in [0, 0.1) is 5.92 Å². The normalized spacial score (nSPS) is 14.8. The third-order valence-corrected chi connectivity index (χ3v) is 2.19. The van der Waals surface area contributed by atoms with Crippen molar-refractivity contribution in [1.29, 1.82) is 0 Å². The van der Waals surface area contributed by atoms with Crippen LogP contribution >= 0.6 is 0 Å². The van der Waals surface area contributed by atoms with E-state index in [4.69, 9.17) is 0 Å². The van der Waals surface area contributed by atoms with Gasteiger partial charge in [0.1, 0.15) is 0 Å². The Morgan fingerprint density at radius 3 is 2.92 bits per heavy atom. The quantitative estimate of drug-likeness (QED) is 0.619. The molecule has 12 heavy (non-hydrogen) atoms. The first-order chi connectivity index (χ1) is 5.77. The Balaban J connectivity index is 2.35. The average Bonchev–Trinajstić information content (AvgIpc) is 2.46. The molecule has 0 saturated carbocycles. The monoisotopic (exact) mass is 160 g/mol. The molecule has 1 aliphatic rings. The lowest BCUT2D eigenvalue weighted by Crippen LogP contribution is -2.06. The summed E-state index contributed by atoms with van der Waals surface area (Å²) in [5, 5.41) is 0. The molecule has 0 radical (unpaired) electrons. The van der Waals surface area contributed by atoms with Crippen LogP contribution in [0.25, 0.3) is 0 Å². The zero-order valence-electron chi connectivity index (χ0n) is 7.41. The van der Waals surface area contributed by atoms with Crippen LogP contribution in [0.1, 0.15) is 19.4 Å². The van der Waals surface area contributed by atoms with Crippen LogP contribution in [0.15, 0.2) is 23.5 Å². The van der Waals surface area contributed by atoms with Gasteiger partial charge in [-0.1, -0.05) is 13.8 Å². The van der Waals surface area contributed by atoms with Crippen LogP contribution < -0.4 is 0 Å². The molecule has 0 spiro atoms. The number of hydrogen-bond acceptors (Lipinski definition) is 2. The highest BCUT2D eigenvalue weighted by molar-refractivity contribution is 5.94. The van der Waals surface area contributed by atoms with Crippen molar-refractivity contribution < 1.29 is 0 Å². The predicted octanol–water partition coefficient (Wildman–Crippen LogP) is 2.37. The van der Waals surface area contributed by atoms with Gasteiger partial charge in [-0.2, -0.15) is 0 Å². The summed E-state index contributed by atoms with van der Waals surface area (Å²) >= 11 is 0. The number of aromatic nitrogens is 1. The van der Waals surface area contributed by atoms with Gasteiger partial charge >= 0.3 is 0 Å². The van der Waals surface area contributed by atoms with Crippen molar-refractivity contribution in [3.8, 4) is 0 Å². The zero-order chi connectivity index (χ0) is 8.55. The minimum Gasteiger partial charge on any atom is -0.262 e. The van der Waals surface area contributed by atoms with Crippen molar-refractivity contribution in [3.63, 3.8) is 0 Å². The molecule has 2 rings (SSSR count). The van der Waals surface area contributed by atoms with Gasteiger partial charge in [0.25, 0.3) is 0 Å². The Kier molecular flexibility index (Phi) is 1.68. The van der Waals surface area contributed by atoms with Crippen LogP contribution in [0.2, 0.25) is 0 Å². The van der Waals surface area contributed by atoms with Gasteiger partial charge in [-0.05, 0) is 17.5 Å². The standard InChI is InChI=1S/C10H12N2/c1-7(2)9-5-8-3-4-11-6-10(8)12-9/h3-4,6-7H,5H2,1-2H3. The second-order valence-electron chi connectivity index (χ2n) is 3.44. The van der Waals surface area contributed by atoms with E-state index in [-0.39, 0.29) is 0 Å². The first kappa shape index (κ1) is 7.47. The molecule has 0 amide bonds. The van der Waals surface area contributed by atoms with Crippen molar-refractivity contribution in [3.05, 3.63) is 24.0 Å². The molecule has 2 nitrogen and oxygen atoms in total. The number of rotatable bonds is 1. The topological polar surface area (TPSA) is 25.2 Å². The molecule has 1 aromatic heterocycles. The van der Waals surface area contributed by atoms with Crippen molar-refractivity contribution in [2.75, 3.05) is 0 Å². The molecular weight excluding hydrogens is 148 g/mol. The molecule has 0 bridgehead atoms. The summed E-state index contributed by atoms with van der Waals surface area (Å²) in [6.45, 7) is 4.36. The molecule has 0 atom stereocenters. The van der Waals surface area contributed by atoms with E-state index in [2.05, 4.69) is 23.8 Å². The lowest BCUT2D eigenvalue weighted by molar-refractivity contribution is 0.871. The van der Waals surface area contributed by atoms with Crippen molar-refractivity contribution in [2.24, 2.45) is 10.9 Å².